The van der Waals surface area contributed by atoms with E-state index in [9.17, 15) is 18.0 Å². The quantitative estimate of drug-likeness (QED) is 0.518. The zero-order valence-electron chi connectivity index (χ0n) is 15.8. The number of morpholine rings is 1. The number of nitrogens with one attached hydrogen (secondary N) is 1. The molecule has 1 aromatic carbocycles. The second-order valence-corrected chi connectivity index (χ2v) is 8.38. The van der Waals surface area contributed by atoms with E-state index in [1.165, 1.54) is 28.6 Å². The highest BCUT2D eigenvalue weighted by molar-refractivity contribution is 7.89. The number of carbonyl (C=O) groups excluding carboxylic acids is 2. The zero-order valence-corrected chi connectivity index (χ0v) is 16.6. The van der Waals surface area contributed by atoms with Crippen LogP contribution in [0.4, 0.5) is 0 Å². The lowest BCUT2D eigenvalue weighted by molar-refractivity contribution is -0.124. The number of nitriles is 1. The number of hydrogen-bond donors (Lipinski definition) is 1. The number of ether oxygens (including phenoxy) is 2. The molecule has 0 aromatic heterocycles. The number of amides is 1. The molecule has 10 heteroatoms. The van der Waals surface area contributed by atoms with Crippen LogP contribution in [0.3, 0.4) is 0 Å². The molecule has 9 nitrogen and oxygen atoms in total. The van der Waals surface area contributed by atoms with E-state index in [4.69, 9.17) is 14.7 Å². The molecule has 1 amide bonds. The molecule has 0 saturated carbocycles. The predicted molar refractivity (Wildman–Crippen MR) is 98.7 cm³/mol. The maximum Gasteiger partial charge on any atom is 0.338 e. The van der Waals surface area contributed by atoms with E-state index in [1.54, 1.807) is 13.8 Å². The lowest BCUT2D eigenvalue weighted by Crippen LogP contribution is -2.48. The number of hydrogen-bond acceptors (Lipinski definition) is 7. The Bertz CT molecular complexity index is 854. The maximum atomic E-state index is 12.9. The summed E-state index contributed by atoms with van der Waals surface area (Å²) in [4.78, 5) is 23.7. The minimum atomic E-state index is -3.79. The van der Waals surface area contributed by atoms with Gasteiger partial charge in [-0.3, -0.25) is 4.79 Å². The number of benzene rings is 1. The van der Waals surface area contributed by atoms with E-state index < -0.39 is 28.5 Å². The van der Waals surface area contributed by atoms with Gasteiger partial charge in [-0.05, 0) is 32.0 Å². The third-order valence-electron chi connectivity index (χ3n) is 3.99. The molecule has 1 fully saturated rings. The van der Waals surface area contributed by atoms with Crippen LogP contribution in [0.5, 0.6) is 0 Å². The van der Waals surface area contributed by atoms with Crippen LogP contribution in [0.2, 0.25) is 0 Å². The summed E-state index contributed by atoms with van der Waals surface area (Å²) in [5, 5.41) is 10.8. The average Bonchev–Trinajstić information content (AvgIpc) is 2.65. The van der Waals surface area contributed by atoms with Gasteiger partial charge in [0.05, 0.1) is 35.2 Å². The van der Waals surface area contributed by atoms with Crippen molar-refractivity contribution in [1.29, 1.82) is 5.26 Å². The number of nitrogens with zero attached hydrogens (tertiary/aromatic N) is 2. The standard InChI is InChI=1S/C18H23N3O6S/c1-13-10-21(11-14(2)27-13)28(24,25)16-6-3-5-15(9-16)18(23)26-12-17(22)20-8-4-7-19/h3,5-6,9,13-14H,4,8,10-12H2,1-2H3,(H,20,22). The van der Waals surface area contributed by atoms with E-state index in [-0.39, 0.29) is 48.7 Å². The molecule has 0 aliphatic carbocycles. The molecule has 2 unspecified atom stereocenters. The van der Waals surface area contributed by atoms with Crippen LogP contribution in [0.15, 0.2) is 29.2 Å². The fourth-order valence-electron chi connectivity index (χ4n) is 2.78. The smallest absolute Gasteiger partial charge is 0.338 e. The van der Waals surface area contributed by atoms with Gasteiger partial charge in [-0.1, -0.05) is 6.07 Å². The second kappa shape index (κ2) is 9.64. The molecule has 1 aliphatic rings. The SMILES string of the molecule is CC1CN(S(=O)(=O)c2cccc(C(=O)OCC(=O)NCCC#N)c2)CC(C)O1. The third-order valence-corrected chi connectivity index (χ3v) is 5.81. The topological polar surface area (TPSA) is 126 Å². The lowest BCUT2D eigenvalue weighted by Gasteiger charge is -2.34. The largest absolute Gasteiger partial charge is 0.452 e. The van der Waals surface area contributed by atoms with Crippen LogP contribution in [-0.4, -0.2) is 63.0 Å². The van der Waals surface area contributed by atoms with Gasteiger partial charge in [0.1, 0.15) is 0 Å². The molecule has 2 rings (SSSR count). The number of sulfonamides is 1. The highest BCUT2D eigenvalue weighted by atomic mass is 32.2. The maximum absolute atomic E-state index is 12.9. The summed E-state index contributed by atoms with van der Waals surface area (Å²) in [6, 6.07) is 7.38. The van der Waals surface area contributed by atoms with Gasteiger partial charge in [0, 0.05) is 19.6 Å². The van der Waals surface area contributed by atoms with E-state index in [0.717, 1.165) is 0 Å². The summed E-state index contributed by atoms with van der Waals surface area (Å²) in [5.41, 5.74) is 0.0280. The molecular formula is C18H23N3O6S. The van der Waals surface area contributed by atoms with Crippen molar-refractivity contribution in [2.24, 2.45) is 0 Å². The Labute approximate surface area is 164 Å². The molecule has 1 N–H and O–H groups in total. The van der Waals surface area contributed by atoms with Gasteiger partial charge < -0.3 is 14.8 Å². The normalized spacial score (nSPS) is 20.2. The summed E-state index contributed by atoms with van der Waals surface area (Å²) < 4.78 is 37.6. The third kappa shape index (κ3) is 5.76. The van der Waals surface area contributed by atoms with Crippen LogP contribution in [0, 0.1) is 11.3 Å². The highest BCUT2D eigenvalue weighted by Gasteiger charge is 2.32. The summed E-state index contributed by atoms with van der Waals surface area (Å²) in [7, 11) is -3.79. The van der Waals surface area contributed by atoms with Crippen molar-refractivity contribution in [3.05, 3.63) is 29.8 Å². The Kier molecular flexibility index (Phi) is 7.51. The van der Waals surface area contributed by atoms with Crippen LogP contribution in [0.1, 0.15) is 30.6 Å². The van der Waals surface area contributed by atoms with Crippen molar-refractivity contribution in [2.75, 3.05) is 26.2 Å². The van der Waals surface area contributed by atoms with Crippen molar-refractivity contribution < 1.29 is 27.5 Å². The summed E-state index contributed by atoms with van der Waals surface area (Å²) in [6.45, 7) is 3.70. The van der Waals surface area contributed by atoms with Gasteiger partial charge >= 0.3 is 5.97 Å². The van der Waals surface area contributed by atoms with Crippen molar-refractivity contribution in [3.8, 4) is 6.07 Å². The minimum absolute atomic E-state index is 0.0262. The summed E-state index contributed by atoms with van der Waals surface area (Å²) >= 11 is 0. The molecule has 1 heterocycles. The van der Waals surface area contributed by atoms with Gasteiger partial charge in [0.15, 0.2) is 6.61 Å². The van der Waals surface area contributed by atoms with Gasteiger partial charge in [0.2, 0.25) is 10.0 Å². The van der Waals surface area contributed by atoms with Crippen LogP contribution in [-0.2, 0) is 24.3 Å². The first-order chi connectivity index (χ1) is 13.2. The van der Waals surface area contributed by atoms with E-state index in [0.29, 0.717) is 0 Å². The van der Waals surface area contributed by atoms with E-state index >= 15 is 0 Å². The highest BCUT2D eigenvalue weighted by Crippen LogP contribution is 2.22. The van der Waals surface area contributed by atoms with Crippen molar-refractivity contribution >= 4 is 21.9 Å². The molecular weight excluding hydrogens is 386 g/mol. The van der Waals surface area contributed by atoms with Gasteiger partial charge in [-0.25, -0.2) is 13.2 Å². The van der Waals surface area contributed by atoms with E-state index in [2.05, 4.69) is 5.32 Å². The Morgan fingerprint density at radius 2 is 2.00 bits per heavy atom. The number of esters is 1. The summed E-state index contributed by atoms with van der Waals surface area (Å²) in [5.74, 6) is -1.35. The first-order valence-electron chi connectivity index (χ1n) is 8.80. The predicted octanol–water partition coefficient (Wildman–Crippen LogP) is 0.671. The van der Waals surface area contributed by atoms with Crippen LogP contribution < -0.4 is 5.32 Å². The molecule has 1 saturated heterocycles. The first kappa shape index (κ1) is 21.8. The molecule has 1 aromatic rings. The van der Waals surface area contributed by atoms with Gasteiger partial charge in [0.25, 0.3) is 5.91 Å². The van der Waals surface area contributed by atoms with Gasteiger partial charge in [-0.2, -0.15) is 9.57 Å². The molecule has 0 radical (unpaired) electrons. The minimum Gasteiger partial charge on any atom is -0.452 e. The fourth-order valence-corrected chi connectivity index (χ4v) is 4.42. The monoisotopic (exact) mass is 409 g/mol. The second-order valence-electron chi connectivity index (χ2n) is 6.44. The Balaban J connectivity index is 2.05. The molecule has 28 heavy (non-hydrogen) atoms. The number of rotatable bonds is 7. The average molecular weight is 409 g/mol. The Hall–Kier alpha value is -2.48. The van der Waals surface area contributed by atoms with Crippen LogP contribution in [0.25, 0.3) is 0 Å². The van der Waals surface area contributed by atoms with Crippen molar-refractivity contribution in [3.63, 3.8) is 0 Å². The molecule has 0 spiro atoms. The van der Waals surface area contributed by atoms with Crippen molar-refractivity contribution in [2.45, 2.75) is 37.4 Å². The van der Waals surface area contributed by atoms with Crippen molar-refractivity contribution in [1.82, 2.24) is 9.62 Å². The van der Waals surface area contributed by atoms with Crippen LogP contribution >= 0.6 is 0 Å². The molecule has 0 bridgehead atoms. The molecule has 1 aliphatic heterocycles. The zero-order chi connectivity index (χ0) is 20.7. The fraction of sp³-hybridized carbons (Fsp3) is 0.500. The van der Waals surface area contributed by atoms with E-state index in [1.807, 2.05) is 6.07 Å². The Morgan fingerprint density at radius 1 is 1.32 bits per heavy atom. The Morgan fingerprint density at radius 3 is 2.64 bits per heavy atom. The van der Waals surface area contributed by atoms with Gasteiger partial charge in [-0.15, -0.1) is 0 Å². The molecule has 152 valence electrons. The lowest BCUT2D eigenvalue weighted by atomic mass is 10.2. The summed E-state index contributed by atoms with van der Waals surface area (Å²) in [6.07, 6.45) is -0.310. The number of carbonyl (C=O) groups is 2. The molecule has 2 atom stereocenters. The first-order valence-corrected chi connectivity index (χ1v) is 10.2.